The van der Waals surface area contributed by atoms with Gasteiger partial charge in [0.15, 0.2) is 11.5 Å². The summed E-state index contributed by atoms with van der Waals surface area (Å²) in [6, 6.07) is 27.6. The van der Waals surface area contributed by atoms with Crippen LogP contribution in [0.1, 0.15) is 31.0 Å². The van der Waals surface area contributed by atoms with Crippen molar-refractivity contribution >= 4 is 5.91 Å². The predicted molar refractivity (Wildman–Crippen MR) is 132 cm³/mol. The second kappa shape index (κ2) is 9.10. The molecule has 0 fully saturated rings. The second-order valence-electron chi connectivity index (χ2n) is 8.82. The Bertz CT molecular complexity index is 1380. The quantitative estimate of drug-likeness (QED) is 0.458. The lowest BCUT2D eigenvalue weighted by Gasteiger charge is -2.29. The molecule has 176 valence electrons. The van der Waals surface area contributed by atoms with Gasteiger partial charge in [0, 0.05) is 11.6 Å². The van der Waals surface area contributed by atoms with Crippen LogP contribution in [-0.2, 0) is 10.3 Å². The lowest BCUT2D eigenvalue weighted by Crippen LogP contribution is -2.50. The van der Waals surface area contributed by atoms with Gasteiger partial charge >= 0.3 is 0 Å². The molecule has 1 aliphatic heterocycles. The molecule has 1 amide bonds. The Morgan fingerprint density at radius 2 is 1.51 bits per heavy atom. The van der Waals surface area contributed by atoms with Crippen LogP contribution in [0.2, 0.25) is 0 Å². The molecule has 35 heavy (non-hydrogen) atoms. The highest BCUT2D eigenvalue weighted by atomic mass is 16.7. The Morgan fingerprint density at radius 3 is 2.17 bits per heavy atom. The molecule has 2 heterocycles. The zero-order valence-electron chi connectivity index (χ0n) is 19.5. The van der Waals surface area contributed by atoms with Crippen molar-refractivity contribution in [1.29, 1.82) is 0 Å². The molecule has 0 saturated heterocycles. The van der Waals surface area contributed by atoms with Crippen molar-refractivity contribution in [2.24, 2.45) is 0 Å². The number of nitrogens with one attached hydrogen (secondary N) is 1. The molecular formula is C28H25N3O4. The van der Waals surface area contributed by atoms with E-state index in [0.29, 0.717) is 17.2 Å². The third-order valence-corrected chi connectivity index (χ3v) is 6.10. The third kappa shape index (κ3) is 4.40. The largest absolute Gasteiger partial charge is 0.454 e. The van der Waals surface area contributed by atoms with E-state index in [1.165, 1.54) is 10.7 Å². The number of carbonyl (C=O) groups excluding carboxylic acids is 1. The van der Waals surface area contributed by atoms with Crippen LogP contribution in [0.3, 0.4) is 0 Å². The first-order chi connectivity index (χ1) is 16.9. The molecule has 0 radical (unpaired) electrons. The van der Waals surface area contributed by atoms with Gasteiger partial charge in [-0.3, -0.25) is 9.59 Å². The highest BCUT2D eigenvalue weighted by Crippen LogP contribution is 2.35. The van der Waals surface area contributed by atoms with Crippen LogP contribution in [-0.4, -0.2) is 22.5 Å². The number of rotatable bonds is 6. The molecule has 0 bridgehead atoms. The third-order valence-electron chi connectivity index (χ3n) is 6.10. The monoisotopic (exact) mass is 467 g/mol. The number of amides is 1. The van der Waals surface area contributed by atoms with E-state index in [-0.39, 0.29) is 24.3 Å². The summed E-state index contributed by atoms with van der Waals surface area (Å²) < 4.78 is 12.1. The number of carbonyl (C=O) groups is 1. The van der Waals surface area contributed by atoms with Gasteiger partial charge in [0.2, 0.25) is 12.7 Å². The zero-order valence-corrected chi connectivity index (χ0v) is 19.5. The standard InChI is InChI=1S/C28H25N3O4/c1-28(2,27(33)29-26(19-9-5-3-6-10-19)20-11-7-4-8-12-20)31-25(32)16-14-22(30-31)21-13-15-23-24(17-21)35-18-34-23/h3-17,26H,18H2,1-2H3,(H,29,33). The second-order valence-corrected chi connectivity index (χ2v) is 8.82. The van der Waals surface area contributed by atoms with Gasteiger partial charge < -0.3 is 14.8 Å². The van der Waals surface area contributed by atoms with Gasteiger partial charge in [0.1, 0.15) is 5.54 Å². The number of fused-ring (bicyclic) bond motifs is 1. The van der Waals surface area contributed by atoms with Crippen molar-refractivity contribution in [2.45, 2.75) is 25.4 Å². The molecule has 1 aliphatic rings. The number of ether oxygens (including phenoxy) is 2. The average molecular weight is 468 g/mol. The summed E-state index contributed by atoms with van der Waals surface area (Å²) in [6.07, 6.45) is 0. The Kier molecular flexibility index (Phi) is 5.82. The summed E-state index contributed by atoms with van der Waals surface area (Å²) in [4.78, 5) is 26.5. The van der Waals surface area contributed by atoms with E-state index in [2.05, 4.69) is 10.4 Å². The molecule has 0 unspecified atom stereocenters. The fourth-order valence-corrected chi connectivity index (χ4v) is 4.08. The molecule has 7 heteroatoms. The van der Waals surface area contributed by atoms with Gasteiger partial charge in [-0.2, -0.15) is 5.10 Å². The molecule has 3 aromatic carbocycles. The molecular weight excluding hydrogens is 442 g/mol. The van der Waals surface area contributed by atoms with Crippen molar-refractivity contribution in [3.8, 4) is 22.8 Å². The number of hydrogen-bond acceptors (Lipinski definition) is 5. The smallest absolute Gasteiger partial charge is 0.267 e. The highest BCUT2D eigenvalue weighted by Gasteiger charge is 2.34. The van der Waals surface area contributed by atoms with E-state index in [1.54, 1.807) is 26.0 Å². The van der Waals surface area contributed by atoms with Crippen molar-refractivity contribution in [3.63, 3.8) is 0 Å². The van der Waals surface area contributed by atoms with Gasteiger partial charge in [0.05, 0.1) is 11.7 Å². The Morgan fingerprint density at radius 1 is 0.886 bits per heavy atom. The average Bonchev–Trinajstić information content (AvgIpc) is 3.36. The molecule has 1 aromatic heterocycles. The minimum Gasteiger partial charge on any atom is -0.454 e. The number of benzene rings is 3. The zero-order chi connectivity index (χ0) is 24.4. The lowest BCUT2D eigenvalue weighted by molar-refractivity contribution is -0.129. The number of hydrogen-bond donors (Lipinski definition) is 1. The predicted octanol–water partition coefficient (Wildman–Crippen LogP) is 4.28. The van der Waals surface area contributed by atoms with E-state index in [4.69, 9.17) is 9.47 Å². The summed E-state index contributed by atoms with van der Waals surface area (Å²) in [5.74, 6) is 0.954. The van der Waals surface area contributed by atoms with Crippen LogP contribution in [0.15, 0.2) is 95.8 Å². The van der Waals surface area contributed by atoms with Crippen molar-refractivity contribution in [1.82, 2.24) is 15.1 Å². The number of nitrogens with zero attached hydrogens (tertiary/aromatic N) is 2. The molecule has 1 N–H and O–H groups in total. The van der Waals surface area contributed by atoms with Gasteiger partial charge in [0.25, 0.3) is 5.56 Å². The fraction of sp³-hybridized carbons (Fsp3) is 0.179. The van der Waals surface area contributed by atoms with Crippen LogP contribution in [0.5, 0.6) is 11.5 Å². The van der Waals surface area contributed by atoms with Crippen LogP contribution >= 0.6 is 0 Å². The van der Waals surface area contributed by atoms with Crippen LogP contribution in [0, 0.1) is 0 Å². The minimum atomic E-state index is -1.26. The first-order valence-electron chi connectivity index (χ1n) is 11.4. The van der Waals surface area contributed by atoms with Gasteiger partial charge in [-0.15, -0.1) is 0 Å². The highest BCUT2D eigenvalue weighted by molar-refractivity contribution is 5.84. The number of aromatic nitrogens is 2. The maximum Gasteiger partial charge on any atom is 0.267 e. The molecule has 0 aliphatic carbocycles. The Labute approximate surface area is 203 Å². The van der Waals surface area contributed by atoms with Gasteiger partial charge in [-0.05, 0) is 49.2 Å². The molecule has 0 atom stereocenters. The molecule has 0 spiro atoms. The van der Waals surface area contributed by atoms with E-state index < -0.39 is 5.54 Å². The maximum absolute atomic E-state index is 13.6. The van der Waals surface area contributed by atoms with Crippen LogP contribution in [0.25, 0.3) is 11.3 Å². The summed E-state index contributed by atoms with van der Waals surface area (Å²) >= 11 is 0. The van der Waals surface area contributed by atoms with Crippen LogP contribution in [0.4, 0.5) is 0 Å². The fourth-order valence-electron chi connectivity index (χ4n) is 4.08. The van der Waals surface area contributed by atoms with E-state index >= 15 is 0 Å². The van der Waals surface area contributed by atoms with Crippen molar-refractivity contribution in [2.75, 3.05) is 6.79 Å². The molecule has 7 nitrogen and oxygen atoms in total. The maximum atomic E-state index is 13.6. The van der Waals surface area contributed by atoms with Crippen molar-refractivity contribution in [3.05, 3.63) is 112 Å². The SMILES string of the molecule is CC(C)(C(=O)NC(c1ccccc1)c1ccccc1)n1nc(-c2ccc3c(c2)OCO3)ccc1=O. The van der Waals surface area contributed by atoms with E-state index in [1.807, 2.05) is 72.8 Å². The van der Waals surface area contributed by atoms with Crippen molar-refractivity contribution < 1.29 is 14.3 Å². The normalized spacial score (nSPS) is 12.5. The van der Waals surface area contributed by atoms with E-state index in [0.717, 1.165) is 16.7 Å². The summed E-state index contributed by atoms with van der Waals surface area (Å²) in [5, 5.41) is 7.69. The topological polar surface area (TPSA) is 82.5 Å². The van der Waals surface area contributed by atoms with E-state index in [9.17, 15) is 9.59 Å². The molecule has 0 saturated carbocycles. The molecule has 4 aromatic rings. The van der Waals surface area contributed by atoms with Gasteiger partial charge in [-0.25, -0.2) is 4.68 Å². The summed E-state index contributed by atoms with van der Waals surface area (Å²) in [5.41, 5.74) is 1.56. The van der Waals surface area contributed by atoms with Crippen LogP contribution < -0.4 is 20.3 Å². The Balaban J connectivity index is 1.48. The first-order valence-corrected chi connectivity index (χ1v) is 11.4. The lowest BCUT2D eigenvalue weighted by atomic mass is 9.96. The first kappa shape index (κ1) is 22.4. The molecule has 5 rings (SSSR count). The minimum absolute atomic E-state index is 0.170. The Hall–Kier alpha value is -4.39. The summed E-state index contributed by atoms with van der Waals surface area (Å²) in [7, 11) is 0. The summed E-state index contributed by atoms with van der Waals surface area (Å²) in [6.45, 7) is 3.54. The van der Waals surface area contributed by atoms with Gasteiger partial charge in [-0.1, -0.05) is 60.7 Å².